The highest BCUT2D eigenvalue weighted by Crippen LogP contribution is 2.44. The van der Waals surface area contributed by atoms with E-state index in [-0.39, 0.29) is 30.9 Å². The van der Waals surface area contributed by atoms with Crippen LogP contribution in [0.5, 0.6) is 0 Å². The number of rotatable bonds is 6. The second-order valence-electron chi connectivity index (χ2n) is 10.1. The fraction of sp³-hybridized carbons (Fsp3) is 0.206. The van der Waals surface area contributed by atoms with E-state index in [1.807, 2.05) is 91.0 Å². The Hall–Kier alpha value is -4.51. The van der Waals surface area contributed by atoms with E-state index in [1.54, 1.807) is 5.01 Å². The Bertz CT molecular complexity index is 1550. The van der Waals surface area contributed by atoms with Gasteiger partial charge in [0.25, 0.3) is 5.91 Å². The normalized spacial score (nSPS) is 19.5. The van der Waals surface area contributed by atoms with Crippen LogP contribution in [0.25, 0.3) is 16.8 Å². The van der Waals surface area contributed by atoms with Crippen LogP contribution in [-0.4, -0.2) is 29.2 Å². The molecule has 194 valence electrons. The van der Waals surface area contributed by atoms with Crippen LogP contribution in [0, 0.1) is 5.92 Å². The van der Waals surface area contributed by atoms with Crippen LogP contribution in [-0.2, 0) is 20.7 Å². The summed E-state index contributed by atoms with van der Waals surface area (Å²) in [6.07, 6.45) is 5.21. The molecule has 0 aromatic heterocycles. The Labute approximate surface area is 228 Å². The average molecular weight is 515 g/mol. The Balaban J connectivity index is 1.23. The summed E-state index contributed by atoms with van der Waals surface area (Å²) in [6, 6.07) is 33.9. The van der Waals surface area contributed by atoms with Gasteiger partial charge in [0.2, 0.25) is 0 Å². The third-order valence-electron chi connectivity index (χ3n) is 7.61. The topological polar surface area (TPSA) is 59.0 Å². The predicted molar refractivity (Wildman–Crippen MR) is 154 cm³/mol. The molecule has 0 N–H and O–H groups in total. The summed E-state index contributed by atoms with van der Waals surface area (Å²) < 4.78 is 5.52. The maximum absolute atomic E-state index is 13.5. The molecule has 39 heavy (non-hydrogen) atoms. The number of amides is 1. The molecule has 0 saturated heterocycles. The van der Waals surface area contributed by atoms with Crippen molar-refractivity contribution in [1.29, 1.82) is 0 Å². The lowest BCUT2D eigenvalue weighted by molar-refractivity contribution is -0.152. The summed E-state index contributed by atoms with van der Waals surface area (Å²) >= 11 is 0. The molecule has 6 rings (SSSR count). The molecule has 2 atom stereocenters. The third-order valence-corrected chi connectivity index (χ3v) is 7.61. The van der Waals surface area contributed by atoms with Gasteiger partial charge in [-0.3, -0.25) is 9.59 Å². The van der Waals surface area contributed by atoms with Gasteiger partial charge in [-0.15, -0.1) is 0 Å². The molecule has 1 amide bonds. The van der Waals surface area contributed by atoms with Gasteiger partial charge in [0.1, 0.15) is 0 Å². The number of ether oxygens (including phenoxy) is 1. The van der Waals surface area contributed by atoms with E-state index in [0.717, 1.165) is 52.4 Å². The van der Waals surface area contributed by atoms with Gasteiger partial charge in [-0.05, 0) is 58.4 Å². The van der Waals surface area contributed by atoms with E-state index in [0.29, 0.717) is 0 Å². The van der Waals surface area contributed by atoms with Crippen molar-refractivity contribution in [3.63, 3.8) is 0 Å². The molecule has 1 aliphatic carbocycles. The van der Waals surface area contributed by atoms with E-state index in [9.17, 15) is 9.59 Å². The van der Waals surface area contributed by atoms with Crippen LogP contribution in [0.15, 0.2) is 114 Å². The zero-order chi connectivity index (χ0) is 26.6. The minimum Gasteiger partial charge on any atom is -0.455 e. The van der Waals surface area contributed by atoms with Gasteiger partial charge in [0.15, 0.2) is 6.61 Å². The highest BCUT2D eigenvalue weighted by atomic mass is 16.5. The second kappa shape index (κ2) is 11.1. The summed E-state index contributed by atoms with van der Waals surface area (Å²) in [5, 5.41) is 8.53. The smallest absolute Gasteiger partial charge is 0.310 e. The molecule has 0 bridgehead atoms. The SMILES string of the molecule is O=C(Cc1cccc2ccccc12)OCC(=O)N1N=C2C(=Cc3ccccc3)CCCC2C1c1ccccc1. The van der Waals surface area contributed by atoms with Gasteiger partial charge in [0, 0.05) is 5.92 Å². The highest BCUT2D eigenvalue weighted by Gasteiger charge is 2.43. The van der Waals surface area contributed by atoms with Crippen LogP contribution < -0.4 is 0 Å². The van der Waals surface area contributed by atoms with E-state index >= 15 is 0 Å². The van der Waals surface area contributed by atoms with Crippen molar-refractivity contribution in [3.8, 4) is 0 Å². The zero-order valence-electron chi connectivity index (χ0n) is 21.7. The fourth-order valence-electron chi connectivity index (χ4n) is 5.80. The maximum atomic E-state index is 13.5. The lowest BCUT2D eigenvalue weighted by Crippen LogP contribution is -2.34. The van der Waals surface area contributed by atoms with E-state index in [4.69, 9.17) is 9.84 Å². The number of benzene rings is 4. The lowest BCUT2D eigenvalue weighted by atomic mass is 9.77. The first kappa shape index (κ1) is 24.8. The maximum Gasteiger partial charge on any atom is 0.310 e. The molecule has 2 aliphatic rings. The first-order valence-corrected chi connectivity index (χ1v) is 13.5. The molecule has 5 heteroatoms. The van der Waals surface area contributed by atoms with E-state index in [2.05, 4.69) is 18.2 Å². The molecular formula is C34H30N2O3. The van der Waals surface area contributed by atoms with Crippen LogP contribution in [0.3, 0.4) is 0 Å². The number of allylic oxidation sites excluding steroid dienone is 1. The number of fused-ring (bicyclic) bond motifs is 2. The second-order valence-corrected chi connectivity index (χ2v) is 10.1. The van der Waals surface area contributed by atoms with Gasteiger partial charge in [-0.2, -0.15) is 5.10 Å². The summed E-state index contributed by atoms with van der Waals surface area (Å²) in [4.78, 5) is 26.3. The van der Waals surface area contributed by atoms with Gasteiger partial charge < -0.3 is 4.74 Å². The van der Waals surface area contributed by atoms with Gasteiger partial charge in [0.05, 0.1) is 18.2 Å². The van der Waals surface area contributed by atoms with Crippen LogP contribution in [0.2, 0.25) is 0 Å². The van der Waals surface area contributed by atoms with Crippen molar-refractivity contribution in [2.45, 2.75) is 31.7 Å². The largest absolute Gasteiger partial charge is 0.455 e. The number of carbonyl (C=O) groups excluding carboxylic acids is 2. The quantitative estimate of drug-likeness (QED) is 0.268. The van der Waals surface area contributed by atoms with Crippen LogP contribution in [0.1, 0.15) is 42.0 Å². The summed E-state index contributed by atoms with van der Waals surface area (Å²) in [5.41, 5.74) is 5.18. The van der Waals surface area contributed by atoms with Crippen LogP contribution >= 0.6 is 0 Å². The highest BCUT2D eigenvalue weighted by molar-refractivity contribution is 6.08. The summed E-state index contributed by atoms with van der Waals surface area (Å²) in [7, 11) is 0. The number of hydrazone groups is 1. The Morgan fingerprint density at radius 2 is 1.59 bits per heavy atom. The lowest BCUT2D eigenvalue weighted by Gasteiger charge is -2.29. The molecule has 0 spiro atoms. The predicted octanol–water partition coefficient (Wildman–Crippen LogP) is 6.75. The van der Waals surface area contributed by atoms with E-state index in [1.165, 1.54) is 5.57 Å². The fourth-order valence-corrected chi connectivity index (χ4v) is 5.80. The molecule has 1 heterocycles. The number of carbonyl (C=O) groups is 2. The van der Waals surface area contributed by atoms with Gasteiger partial charge in [-0.1, -0.05) is 103 Å². The molecule has 1 saturated carbocycles. The Morgan fingerprint density at radius 1 is 0.872 bits per heavy atom. The van der Waals surface area contributed by atoms with Gasteiger partial charge >= 0.3 is 5.97 Å². The standard InChI is InChI=1S/C34H30N2O3/c37-31(23-39-32(38)22-27-17-9-16-25-13-7-8-19-29(25)27)36-34(26-14-5-2-6-15-26)30-20-10-18-28(33(30)35-36)21-24-11-3-1-4-12-24/h1-9,11-17,19,21,30,34H,10,18,20,22-23H2. The minimum atomic E-state index is -0.426. The summed E-state index contributed by atoms with van der Waals surface area (Å²) in [5.74, 6) is -0.632. The molecule has 4 aromatic rings. The Kier molecular flexibility index (Phi) is 7.05. The third kappa shape index (κ3) is 5.26. The molecule has 2 unspecified atom stereocenters. The number of hydrogen-bond acceptors (Lipinski definition) is 4. The van der Waals surface area contributed by atoms with Crippen molar-refractivity contribution >= 4 is 34.4 Å². The van der Waals surface area contributed by atoms with E-state index < -0.39 is 5.97 Å². The van der Waals surface area contributed by atoms with Crippen molar-refractivity contribution in [3.05, 3.63) is 125 Å². The van der Waals surface area contributed by atoms with Gasteiger partial charge in [-0.25, -0.2) is 5.01 Å². The molecular weight excluding hydrogens is 484 g/mol. The molecule has 5 nitrogen and oxygen atoms in total. The van der Waals surface area contributed by atoms with Crippen LogP contribution in [0.4, 0.5) is 0 Å². The van der Waals surface area contributed by atoms with Crippen molar-refractivity contribution < 1.29 is 14.3 Å². The minimum absolute atomic E-state index is 0.103. The van der Waals surface area contributed by atoms with Crippen molar-refractivity contribution in [1.82, 2.24) is 5.01 Å². The Morgan fingerprint density at radius 3 is 2.41 bits per heavy atom. The number of nitrogens with zero attached hydrogens (tertiary/aromatic N) is 2. The average Bonchev–Trinajstić information content (AvgIpc) is 3.38. The first-order valence-electron chi connectivity index (χ1n) is 13.5. The first-order chi connectivity index (χ1) is 19.2. The monoisotopic (exact) mass is 514 g/mol. The zero-order valence-corrected chi connectivity index (χ0v) is 21.7. The molecule has 1 aliphatic heterocycles. The molecule has 1 fully saturated rings. The number of esters is 1. The molecule has 0 radical (unpaired) electrons. The van der Waals surface area contributed by atoms with Crippen molar-refractivity contribution in [2.75, 3.05) is 6.61 Å². The summed E-state index contributed by atoms with van der Waals surface area (Å²) in [6.45, 7) is -0.339. The molecule has 4 aromatic carbocycles. The number of hydrogen-bond donors (Lipinski definition) is 0. The van der Waals surface area contributed by atoms with Crippen molar-refractivity contribution in [2.24, 2.45) is 11.0 Å².